The summed E-state index contributed by atoms with van der Waals surface area (Å²) in [6.45, 7) is 1.14. The Bertz CT molecular complexity index is 566. The molecule has 0 saturated heterocycles. The fourth-order valence-electron chi connectivity index (χ4n) is 1.74. The van der Waals surface area contributed by atoms with E-state index in [-0.39, 0.29) is 24.6 Å². The molecule has 0 aliphatic rings. The molecule has 0 spiro atoms. The number of carbonyl (C=O) groups is 1. The summed E-state index contributed by atoms with van der Waals surface area (Å²) in [5, 5.41) is 11.8. The topological polar surface area (TPSA) is 68.4 Å². The number of hydrogen-bond acceptors (Lipinski definition) is 4. The second-order valence-electron chi connectivity index (χ2n) is 4.31. The van der Waals surface area contributed by atoms with Crippen LogP contribution in [0.25, 0.3) is 10.9 Å². The van der Waals surface area contributed by atoms with Crippen molar-refractivity contribution >= 4 is 16.9 Å². The van der Waals surface area contributed by atoms with Crippen LogP contribution in [0, 0.1) is 0 Å². The number of carboxylic acids is 1. The molecule has 5 nitrogen and oxygen atoms in total. The molecule has 96 valence electrons. The van der Waals surface area contributed by atoms with Gasteiger partial charge in [-0.1, -0.05) is 12.1 Å². The molecule has 1 aromatic carbocycles. The van der Waals surface area contributed by atoms with E-state index in [2.05, 4.69) is 4.98 Å². The van der Waals surface area contributed by atoms with Crippen molar-refractivity contribution in [2.45, 2.75) is 0 Å². The van der Waals surface area contributed by atoms with Crippen LogP contribution in [0.15, 0.2) is 24.3 Å². The van der Waals surface area contributed by atoms with Crippen LogP contribution in [0.1, 0.15) is 10.5 Å². The van der Waals surface area contributed by atoms with Crippen molar-refractivity contribution in [2.24, 2.45) is 0 Å². The summed E-state index contributed by atoms with van der Waals surface area (Å²) < 4.78 is 5.57. The summed E-state index contributed by atoms with van der Waals surface area (Å²) in [6, 6.07) is 7.30. The first kappa shape index (κ1) is 15.6. The number of benzene rings is 1. The van der Waals surface area contributed by atoms with Gasteiger partial charge in [0.2, 0.25) is 0 Å². The Morgan fingerprint density at radius 1 is 1.37 bits per heavy atom. The number of aromatic nitrogens is 1. The number of hydrogen-bond donors (Lipinski definition) is 1. The summed E-state index contributed by atoms with van der Waals surface area (Å²) in [5.41, 5.74) is 0.728. The van der Waals surface area contributed by atoms with Crippen molar-refractivity contribution in [1.82, 2.24) is 9.88 Å². The molecule has 0 radical (unpaired) electrons. The van der Waals surface area contributed by atoms with E-state index in [0.29, 0.717) is 18.9 Å². The second-order valence-corrected chi connectivity index (χ2v) is 4.31. The molecule has 0 aliphatic carbocycles. The van der Waals surface area contributed by atoms with E-state index in [1.54, 1.807) is 6.07 Å². The zero-order valence-corrected chi connectivity index (χ0v) is 11.4. The van der Waals surface area contributed by atoms with Gasteiger partial charge in [-0.05, 0) is 26.2 Å². The summed E-state index contributed by atoms with van der Waals surface area (Å²) in [5.74, 6) is -0.904. The van der Waals surface area contributed by atoms with Crippen LogP contribution in [0.4, 0.5) is 0 Å². The van der Waals surface area contributed by atoms with E-state index in [9.17, 15) is 9.90 Å². The molecular weight excluding hydrogens is 239 g/mol. The number of rotatable bonds is 5. The smallest absolute Gasteiger partial charge is 0.543 e. The van der Waals surface area contributed by atoms with Crippen LogP contribution in [0.2, 0.25) is 0 Å². The standard InChI is InChI=1S/C13H16N2O3.Li/c1-15(2)7-8-18-12-9-5-3-4-6-10(9)14-11(12)13(16)17;/h3-6,14H,7-8H2,1-2H3,(H,16,17);/q;+1/p-1. The Morgan fingerprint density at radius 2 is 2.05 bits per heavy atom. The maximum atomic E-state index is 11.1. The third-order valence-corrected chi connectivity index (χ3v) is 2.65. The minimum Gasteiger partial charge on any atom is -0.543 e. The molecule has 1 aromatic heterocycles. The normalized spacial score (nSPS) is 10.5. The molecule has 0 atom stereocenters. The molecule has 0 bridgehead atoms. The third kappa shape index (κ3) is 3.54. The van der Waals surface area contributed by atoms with Crippen LogP contribution in [-0.2, 0) is 0 Å². The first-order valence-corrected chi connectivity index (χ1v) is 5.69. The van der Waals surface area contributed by atoms with Crippen molar-refractivity contribution in [2.75, 3.05) is 27.2 Å². The van der Waals surface area contributed by atoms with Crippen LogP contribution in [0.5, 0.6) is 5.75 Å². The summed E-state index contributed by atoms with van der Waals surface area (Å²) >= 11 is 0. The molecule has 0 aliphatic heterocycles. The maximum absolute atomic E-state index is 11.1. The number of para-hydroxylation sites is 1. The predicted octanol–water partition coefficient (Wildman–Crippen LogP) is -2.52. The van der Waals surface area contributed by atoms with Crippen LogP contribution in [-0.4, -0.2) is 43.1 Å². The number of likely N-dealkylation sites (N-methyl/N-ethyl adjacent to an activating group) is 1. The molecular formula is C13H15LiN2O3. The quantitative estimate of drug-likeness (QED) is 0.598. The zero-order chi connectivity index (χ0) is 13.1. The average molecular weight is 254 g/mol. The van der Waals surface area contributed by atoms with E-state index in [1.807, 2.05) is 37.2 Å². The van der Waals surface area contributed by atoms with Crippen molar-refractivity contribution in [3.05, 3.63) is 30.0 Å². The first-order chi connectivity index (χ1) is 8.59. The largest absolute Gasteiger partial charge is 1.00 e. The minimum absolute atomic E-state index is 0. The second kappa shape index (κ2) is 6.67. The Labute approximate surface area is 123 Å². The summed E-state index contributed by atoms with van der Waals surface area (Å²) in [4.78, 5) is 15.8. The fraction of sp³-hybridized carbons (Fsp3) is 0.308. The van der Waals surface area contributed by atoms with Crippen molar-refractivity contribution in [3.63, 3.8) is 0 Å². The summed E-state index contributed by atoms with van der Waals surface area (Å²) in [7, 11) is 3.86. The molecule has 1 heterocycles. The molecule has 6 heteroatoms. The predicted molar refractivity (Wildman–Crippen MR) is 66.7 cm³/mol. The molecule has 0 saturated carbocycles. The molecule has 1 N–H and O–H groups in total. The molecule has 0 fully saturated rings. The van der Waals surface area contributed by atoms with Crippen molar-refractivity contribution in [3.8, 4) is 5.75 Å². The minimum atomic E-state index is -1.26. The number of ether oxygens (including phenoxy) is 1. The zero-order valence-electron chi connectivity index (χ0n) is 11.4. The first-order valence-electron chi connectivity index (χ1n) is 5.69. The van der Waals surface area contributed by atoms with Gasteiger partial charge in [0.1, 0.15) is 12.3 Å². The Hall–Kier alpha value is -1.41. The van der Waals surface area contributed by atoms with Gasteiger partial charge < -0.3 is 24.5 Å². The number of aromatic carboxylic acids is 1. The van der Waals surface area contributed by atoms with Gasteiger partial charge in [-0.15, -0.1) is 0 Å². The van der Waals surface area contributed by atoms with Crippen LogP contribution >= 0.6 is 0 Å². The number of H-pyrrole nitrogens is 1. The Kier molecular flexibility index (Phi) is 5.49. The van der Waals surface area contributed by atoms with Crippen molar-refractivity contribution < 1.29 is 33.5 Å². The van der Waals surface area contributed by atoms with Crippen molar-refractivity contribution in [1.29, 1.82) is 0 Å². The van der Waals surface area contributed by atoms with Gasteiger partial charge in [-0.3, -0.25) is 0 Å². The molecule has 0 unspecified atom stereocenters. The van der Waals surface area contributed by atoms with Crippen LogP contribution < -0.4 is 28.7 Å². The van der Waals surface area contributed by atoms with E-state index < -0.39 is 5.97 Å². The number of nitrogens with zero attached hydrogens (tertiary/aromatic N) is 1. The van der Waals surface area contributed by atoms with Gasteiger partial charge in [0.25, 0.3) is 0 Å². The fourth-order valence-corrected chi connectivity index (χ4v) is 1.74. The molecule has 19 heavy (non-hydrogen) atoms. The number of carboxylic acid groups (broad SMARTS) is 1. The average Bonchev–Trinajstić information content (AvgIpc) is 2.68. The van der Waals surface area contributed by atoms with E-state index in [1.165, 1.54) is 0 Å². The Balaban J connectivity index is 0.00000180. The van der Waals surface area contributed by atoms with Gasteiger partial charge in [0.15, 0.2) is 5.75 Å². The van der Waals surface area contributed by atoms with Gasteiger partial charge in [-0.25, -0.2) is 0 Å². The number of aromatic amines is 1. The number of carbonyl (C=O) groups excluding carboxylic acids is 1. The van der Waals surface area contributed by atoms with Gasteiger partial charge in [0.05, 0.1) is 5.97 Å². The number of nitrogens with one attached hydrogen (secondary N) is 1. The molecule has 2 aromatic rings. The maximum Gasteiger partial charge on any atom is 1.00 e. The van der Waals surface area contributed by atoms with E-state index >= 15 is 0 Å². The SMILES string of the molecule is CN(C)CCOc1c(C(=O)[O-])[nH]c2ccccc12.[Li+]. The van der Waals surface area contributed by atoms with Gasteiger partial charge in [0, 0.05) is 17.4 Å². The third-order valence-electron chi connectivity index (χ3n) is 2.65. The Morgan fingerprint density at radius 3 is 2.68 bits per heavy atom. The van der Waals surface area contributed by atoms with E-state index in [4.69, 9.17) is 4.74 Å². The molecule has 2 rings (SSSR count). The van der Waals surface area contributed by atoms with Gasteiger partial charge in [-0.2, -0.15) is 0 Å². The number of fused-ring (bicyclic) bond motifs is 1. The molecule has 0 amide bonds. The monoisotopic (exact) mass is 254 g/mol. The van der Waals surface area contributed by atoms with E-state index in [0.717, 1.165) is 10.9 Å². The summed E-state index contributed by atoms with van der Waals surface area (Å²) in [6.07, 6.45) is 0. The van der Waals surface area contributed by atoms with Crippen LogP contribution in [0.3, 0.4) is 0 Å². The van der Waals surface area contributed by atoms with Gasteiger partial charge >= 0.3 is 18.9 Å².